The van der Waals surface area contributed by atoms with Gasteiger partial charge in [-0.05, 0) is 31.2 Å². The van der Waals surface area contributed by atoms with E-state index in [1.165, 1.54) is 11.3 Å². The molecule has 3 rings (SSSR count). The molecule has 0 amide bonds. The Hall–Kier alpha value is -2.68. The number of hydrogen-bond donors (Lipinski definition) is 0. The van der Waals surface area contributed by atoms with Crippen LogP contribution in [0.15, 0.2) is 60.0 Å². The first kappa shape index (κ1) is 15.2. The summed E-state index contributed by atoms with van der Waals surface area (Å²) >= 11 is 1.52. The first-order valence-corrected chi connectivity index (χ1v) is 8.14. The van der Waals surface area contributed by atoms with Gasteiger partial charge in [-0.25, -0.2) is 4.98 Å². The number of para-hydroxylation sites is 1. The Balaban J connectivity index is 1.91. The predicted molar refractivity (Wildman–Crippen MR) is 92.5 cm³/mol. The van der Waals surface area contributed by atoms with Crippen LogP contribution in [0, 0.1) is 11.3 Å². The van der Waals surface area contributed by atoms with E-state index in [0.29, 0.717) is 12.2 Å². The molecule has 0 radical (unpaired) electrons. The van der Waals surface area contributed by atoms with Crippen LogP contribution >= 0.6 is 11.3 Å². The first-order valence-electron chi connectivity index (χ1n) is 7.26. The van der Waals surface area contributed by atoms with E-state index in [1.54, 1.807) is 17.2 Å². The highest BCUT2D eigenvalue weighted by atomic mass is 32.1. The molecule has 0 saturated heterocycles. The average Bonchev–Trinajstić information content (AvgIpc) is 3.10. The van der Waals surface area contributed by atoms with Crippen molar-refractivity contribution in [2.24, 2.45) is 0 Å². The van der Waals surface area contributed by atoms with Crippen LogP contribution in [0.25, 0.3) is 11.3 Å². The molecule has 5 heteroatoms. The van der Waals surface area contributed by atoms with Gasteiger partial charge < -0.3 is 0 Å². The summed E-state index contributed by atoms with van der Waals surface area (Å²) < 4.78 is 0. The van der Waals surface area contributed by atoms with Crippen molar-refractivity contribution < 1.29 is 4.84 Å². The van der Waals surface area contributed by atoms with Gasteiger partial charge in [0.15, 0.2) is 0 Å². The molecule has 2 aromatic carbocycles. The molecule has 1 heterocycles. The topological polar surface area (TPSA) is 49.1 Å². The van der Waals surface area contributed by atoms with Crippen LogP contribution in [-0.4, -0.2) is 11.6 Å². The molecule has 0 atom stereocenters. The summed E-state index contributed by atoms with van der Waals surface area (Å²) in [6.45, 7) is 2.51. The summed E-state index contributed by atoms with van der Waals surface area (Å²) in [6, 6.07) is 19.4. The van der Waals surface area contributed by atoms with Gasteiger partial charge in [0.05, 0.1) is 29.6 Å². The fraction of sp³-hybridized carbons (Fsp3) is 0.111. The third-order valence-electron chi connectivity index (χ3n) is 3.22. The van der Waals surface area contributed by atoms with E-state index in [4.69, 9.17) is 10.1 Å². The highest BCUT2D eigenvalue weighted by Gasteiger charge is 2.14. The standard InChI is InChI=1S/C18H15N3OS/c1-2-22-21(16-6-4-3-5-7-16)18-20-17(13-23-18)15-10-8-14(12-19)9-11-15/h3-11,13H,2H2,1H3. The van der Waals surface area contributed by atoms with Crippen molar-refractivity contribution in [3.05, 3.63) is 65.5 Å². The Bertz CT molecular complexity index is 806. The Kier molecular flexibility index (Phi) is 4.67. The number of aromatic nitrogens is 1. The first-order chi connectivity index (χ1) is 11.3. The number of rotatable bonds is 5. The van der Waals surface area contributed by atoms with Gasteiger partial charge in [0.2, 0.25) is 5.13 Å². The molecule has 0 spiro atoms. The highest BCUT2D eigenvalue weighted by molar-refractivity contribution is 7.14. The summed E-state index contributed by atoms with van der Waals surface area (Å²) in [5, 5.41) is 13.4. The molecule has 0 fully saturated rings. The van der Waals surface area contributed by atoms with Crippen molar-refractivity contribution in [3.8, 4) is 17.3 Å². The fourth-order valence-corrected chi connectivity index (χ4v) is 2.95. The maximum absolute atomic E-state index is 8.87. The molecule has 0 aliphatic carbocycles. The molecule has 3 aromatic rings. The van der Waals surface area contributed by atoms with Gasteiger partial charge in [0, 0.05) is 10.9 Å². The van der Waals surface area contributed by atoms with Crippen molar-refractivity contribution in [2.75, 3.05) is 11.7 Å². The van der Waals surface area contributed by atoms with Crippen molar-refractivity contribution in [3.63, 3.8) is 0 Å². The molecule has 0 aliphatic rings. The molecule has 0 unspecified atom stereocenters. The van der Waals surface area contributed by atoms with Gasteiger partial charge in [-0.15, -0.1) is 11.3 Å². The van der Waals surface area contributed by atoms with E-state index in [0.717, 1.165) is 22.1 Å². The van der Waals surface area contributed by atoms with E-state index < -0.39 is 0 Å². The molecule has 1 aromatic heterocycles. The predicted octanol–water partition coefficient (Wildman–Crippen LogP) is 4.77. The second-order valence-electron chi connectivity index (χ2n) is 4.75. The van der Waals surface area contributed by atoms with Crippen LogP contribution in [0.5, 0.6) is 0 Å². The number of benzene rings is 2. The summed E-state index contributed by atoms with van der Waals surface area (Å²) in [6.07, 6.45) is 0. The minimum absolute atomic E-state index is 0.556. The Labute approximate surface area is 139 Å². The third-order valence-corrected chi connectivity index (χ3v) is 4.03. The summed E-state index contributed by atoms with van der Waals surface area (Å²) in [4.78, 5) is 10.4. The van der Waals surface area contributed by atoms with Crippen molar-refractivity contribution in [1.82, 2.24) is 4.98 Å². The third kappa shape index (κ3) is 3.39. The number of nitriles is 1. The Morgan fingerprint density at radius 2 is 1.87 bits per heavy atom. The number of hydrogen-bond acceptors (Lipinski definition) is 5. The molecular weight excluding hydrogens is 306 g/mol. The second-order valence-corrected chi connectivity index (χ2v) is 5.59. The zero-order chi connectivity index (χ0) is 16.1. The Morgan fingerprint density at radius 3 is 2.52 bits per heavy atom. The molecular formula is C18H15N3OS. The molecule has 114 valence electrons. The minimum Gasteiger partial charge on any atom is -0.267 e. The minimum atomic E-state index is 0.556. The van der Waals surface area contributed by atoms with Gasteiger partial charge in [0.1, 0.15) is 0 Å². The van der Waals surface area contributed by atoms with Crippen LogP contribution in [-0.2, 0) is 4.84 Å². The van der Waals surface area contributed by atoms with Gasteiger partial charge in [-0.2, -0.15) is 10.3 Å². The van der Waals surface area contributed by atoms with Crippen LogP contribution in [0.3, 0.4) is 0 Å². The van der Waals surface area contributed by atoms with E-state index in [9.17, 15) is 0 Å². The van der Waals surface area contributed by atoms with Gasteiger partial charge >= 0.3 is 0 Å². The number of thiazole rings is 1. The van der Waals surface area contributed by atoms with Crippen molar-refractivity contribution >= 4 is 22.2 Å². The fourth-order valence-electron chi connectivity index (χ4n) is 2.14. The lowest BCUT2D eigenvalue weighted by Crippen LogP contribution is -2.17. The van der Waals surface area contributed by atoms with E-state index >= 15 is 0 Å². The van der Waals surface area contributed by atoms with Gasteiger partial charge in [-0.3, -0.25) is 4.84 Å². The monoisotopic (exact) mass is 321 g/mol. The maximum Gasteiger partial charge on any atom is 0.215 e. The van der Waals surface area contributed by atoms with Crippen LogP contribution < -0.4 is 5.06 Å². The SMILES string of the molecule is CCON(c1ccccc1)c1nc(-c2ccc(C#N)cc2)cs1. The average molecular weight is 321 g/mol. The van der Waals surface area contributed by atoms with Crippen LogP contribution in [0.2, 0.25) is 0 Å². The molecule has 23 heavy (non-hydrogen) atoms. The molecule has 0 aliphatic heterocycles. The lowest BCUT2D eigenvalue weighted by Gasteiger charge is -2.19. The number of nitrogens with zero attached hydrogens (tertiary/aromatic N) is 3. The zero-order valence-corrected chi connectivity index (χ0v) is 13.5. The van der Waals surface area contributed by atoms with E-state index in [1.807, 2.05) is 54.8 Å². The van der Waals surface area contributed by atoms with E-state index in [2.05, 4.69) is 11.1 Å². The lowest BCUT2D eigenvalue weighted by atomic mass is 10.1. The lowest BCUT2D eigenvalue weighted by molar-refractivity contribution is 0.149. The zero-order valence-electron chi connectivity index (χ0n) is 12.6. The molecule has 0 saturated carbocycles. The quantitative estimate of drug-likeness (QED) is 0.635. The smallest absolute Gasteiger partial charge is 0.215 e. The summed E-state index contributed by atoms with van der Waals surface area (Å²) in [5.41, 5.74) is 3.44. The van der Waals surface area contributed by atoms with Gasteiger partial charge in [-0.1, -0.05) is 30.3 Å². The second kappa shape index (κ2) is 7.05. The molecule has 0 N–H and O–H groups in total. The maximum atomic E-state index is 8.87. The highest BCUT2D eigenvalue weighted by Crippen LogP contribution is 2.32. The van der Waals surface area contributed by atoms with Gasteiger partial charge in [0.25, 0.3) is 0 Å². The van der Waals surface area contributed by atoms with Crippen LogP contribution in [0.4, 0.5) is 10.8 Å². The summed E-state index contributed by atoms with van der Waals surface area (Å²) in [5.74, 6) is 0. The van der Waals surface area contributed by atoms with E-state index in [-0.39, 0.29) is 0 Å². The van der Waals surface area contributed by atoms with Crippen molar-refractivity contribution in [1.29, 1.82) is 5.26 Å². The Morgan fingerprint density at radius 1 is 1.13 bits per heavy atom. The van der Waals surface area contributed by atoms with Crippen LogP contribution in [0.1, 0.15) is 12.5 Å². The normalized spacial score (nSPS) is 10.3. The summed E-state index contributed by atoms with van der Waals surface area (Å²) in [7, 11) is 0. The van der Waals surface area contributed by atoms with Crippen molar-refractivity contribution in [2.45, 2.75) is 6.92 Å². The largest absolute Gasteiger partial charge is 0.267 e. The molecule has 0 bridgehead atoms. The molecule has 4 nitrogen and oxygen atoms in total. The number of anilines is 2.